The minimum absolute atomic E-state index is 0. The molecule has 0 heterocycles. The van der Waals surface area contributed by atoms with Gasteiger partial charge in [-0.3, -0.25) is 0 Å². The maximum atomic E-state index is 9.98. The fraction of sp³-hybridized carbons (Fsp3) is 0.261. The van der Waals surface area contributed by atoms with Crippen LogP contribution in [0, 0.1) is 13.3 Å². The molecule has 0 amide bonds. The molecule has 0 aliphatic carbocycles. The quantitative estimate of drug-likeness (QED) is 0.0241. The zero-order chi connectivity index (χ0) is 50.1. The Kier molecular flexibility index (Phi) is 49.8. The Morgan fingerprint density at radius 1 is 0.382 bits per heavy atom. The number of hydrogen-bond acceptors (Lipinski definition) is 2. The van der Waals surface area contributed by atoms with Crippen LogP contribution < -0.4 is 34.0 Å². The van der Waals surface area contributed by atoms with Crippen LogP contribution in [0.1, 0.15) is 96.9 Å². The van der Waals surface area contributed by atoms with Crippen LogP contribution in [0.3, 0.4) is 0 Å². The molecule has 0 unspecified atom stereocenters. The number of aliphatic hydroxyl groups excluding tert-OH is 1. The van der Waals surface area contributed by atoms with E-state index in [1.54, 1.807) is 0 Å². The summed E-state index contributed by atoms with van der Waals surface area (Å²) in [4.78, 5) is 10.6. The van der Waals surface area contributed by atoms with E-state index in [2.05, 4.69) is 187 Å². The maximum absolute atomic E-state index is 9.98. The van der Waals surface area contributed by atoms with Crippen LogP contribution >= 0.6 is 15.9 Å². The Hall–Kier alpha value is -3.64. The van der Waals surface area contributed by atoms with Gasteiger partial charge in [0.05, 0.1) is 6.10 Å². The molecule has 2 nitrogen and oxygen atoms in total. The molecule has 0 bridgehead atoms. The second kappa shape index (κ2) is 50.8. The number of hydrogen-bond donors (Lipinski definition) is 1. The molecule has 0 aliphatic rings. The number of unbranched alkanes of at least 4 members (excludes halogenated alkanes) is 2. The van der Waals surface area contributed by atoms with E-state index in [4.69, 9.17) is 0 Å². The molecule has 0 fully saturated rings. The van der Waals surface area contributed by atoms with Crippen LogP contribution in [0.15, 0.2) is 243 Å². The average Bonchev–Trinajstić information content (AvgIpc) is 3.45. The number of carbonyl (C=O) groups excluding carboxylic acids is 1. The van der Waals surface area contributed by atoms with Gasteiger partial charge in [-0.05, 0) is 85.6 Å². The van der Waals surface area contributed by atoms with E-state index in [0.717, 1.165) is 70.5 Å². The monoisotopic (exact) mass is 1230 g/mol. The van der Waals surface area contributed by atoms with Gasteiger partial charge in [0.2, 0.25) is 0 Å². The van der Waals surface area contributed by atoms with Crippen molar-refractivity contribution in [1.82, 2.24) is 0 Å². The van der Waals surface area contributed by atoms with Crippen LogP contribution in [0.25, 0.3) is 0 Å². The summed E-state index contributed by atoms with van der Waals surface area (Å²) in [7, 11) is 0. The van der Waals surface area contributed by atoms with Crippen molar-refractivity contribution in [3.05, 3.63) is 301 Å². The molecule has 0 saturated heterocycles. The van der Waals surface area contributed by atoms with Crippen molar-refractivity contribution in [1.29, 1.82) is 0 Å². The van der Waals surface area contributed by atoms with Crippen molar-refractivity contribution in [2.45, 2.75) is 115 Å². The summed E-state index contributed by atoms with van der Waals surface area (Å²) >= 11 is 3.79. The van der Waals surface area contributed by atoms with Crippen molar-refractivity contribution in [2.24, 2.45) is 0 Å². The van der Waals surface area contributed by atoms with E-state index < -0.39 is 0 Å². The largest absolute Gasteiger partial charge is 2.00 e. The zero-order valence-electron chi connectivity index (χ0n) is 44.1. The van der Waals surface area contributed by atoms with Crippen LogP contribution in [0.5, 0.6) is 0 Å². The number of aldehydes is 1. The number of aryl methyl sites for hydroxylation is 7. The van der Waals surface area contributed by atoms with Gasteiger partial charge in [-0.25, -0.2) is 0 Å². The third-order valence-electron chi connectivity index (χ3n) is 11.9. The molecule has 394 valence electrons. The molecule has 8 aromatic rings. The fourth-order valence-electron chi connectivity index (χ4n) is 7.67. The van der Waals surface area contributed by atoms with Crippen molar-refractivity contribution in [2.75, 3.05) is 0 Å². The van der Waals surface area contributed by atoms with Gasteiger partial charge in [-0.1, -0.05) is 296 Å². The average molecular weight is 1230 g/mol. The van der Waals surface area contributed by atoms with Crippen LogP contribution in [-0.2, 0) is 56.2 Å². The zero-order valence-corrected chi connectivity index (χ0v) is 51.7. The summed E-state index contributed by atoms with van der Waals surface area (Å²) < 4.78 is 0. The molecular weight excluding hydrogens is 1150 g/mol. The van der Waals surface area contributed by atoms with Gasteiger partial charge in [0.25, 0.3) is 0 Å². The molecule has 0 aromatic heterocycles. The Morgan fingerprint density at radius 2 is 0.605 bits per heavy atom. The van der Waals surface area contributed by atoms with Gasteiger partial charge in [0.15, 0.2) is 0 Å². The third kappa shape index (κ3) is 38.0. The molecule has 0 radical (unpaired) electrons. The molecule has 0 saturated carbocycles. The minimum Gasteiger partial charge on any atom is -1.00 e. The first-order chi connectivity index (χ1) is 35.0. The SMILES string of the molecule is BrC(CCc1ccccc1)CCc1ccccc1.C.O=CCCc1ccccc1.OC(CCc1ccccc1)CCc1ccccc1.[Br-].[Br-].[CH2-]Cc1ccccc1.[Mg+2].[Mg+2].c1ccc(CC[CH-]CCc2ccccc2)cc1. The van der Waals surface area contributed by atoms with Crippen LogP contribution in [0.2, 0.25) is 0 Å². The molecule has 76 heavy (non-hydrogen) atoms. The molecule has 0 spiro atoms. The topological polar surface area (TPSA) is 37.3 Å². The maximum Gasteiger partial charge on any atom is 2.00 e. The van der Waals surface area contributed by atoms with Gasteiger partial charge in [0, 0.05) is 11.2 Å². The summed E-state index contributed by atoms with van der Waals surface area (Å²) in [5.41, 5.74) is 10.9. The Balaban J connectivity index is 0. The van der Waals surface area contributed by atoms with E-state index in [1.165, 1.54) is 70.2 Å². The summed E-state index contributed by atoms with van der Waals surface area (Å²) in [6.07, 6.45) is 18.5. The van der Waals surface area contributed by atoms with Gasteiger partial charge < -0.3 is 57.2 Å². The van der Waals surface area contributed by atoms with Crippen molar-refractivity contribution in [3.8, 4) is 0 Å². The number of rotatable bonds is 22. The third-order valence-corrected chi connectivity index (χ3v) is 12.8. The Bertz CT molecular complexity index is 2200. The molecule has 8 aromatic carbocycles. The molecular formula is C69H81Br3Mg2O2. The second-order valence-corrected chi connectivity index (χ2v) is 18.9. The van der Waals surface area contributed by atoms with Crippen LogP contribution in [-0.4, -0.2) is 68.4 Å². The number of alkyl halides is 1. The predicted octanol–water partition coefficient (Wildman–Crippen LogP) is 10.8. The number of aliphatic hydroxyl groups is 1. The van der Waals surface area contributed by atoms with Gasteiger partial charge in [0.1, 0.15) is 6.29 Å². The Labute approximate surface area is 522 Å². The summed E-state index contributed by atoms with van der Waals surface area (Å²) in [6.45, 7) is 3.76. The van der Waals surface area contributed by atoms with E-state index >= 15 is 0 Å². The van der Waals surface area contributed by atoms with E-state index in [1.807, 2.05) is 84.9 Å². The van der Waals surface area contributed by atoms with E-state index in [-0.39, 0.29) is 93.6 Å². The predicted molar refractivity (Wildman–Crippen MR) is 326 cm³/mol. The van der Waals surface area contributed by atoms with Crippen molar-refractivity contribution >= 4 is 68.3 Å². The number of halogens is 3. The number of carbonyl (C=O) groups is 1. The molecule has 1 N–H and O–H groups in total. The number of benzene rings is 8. The second-order valence-electron chi connectivity index (χ2n) is 17.6. The van der Waals surface area contributed by atoms with Gasteiger partial charge in [-0.2, -0.15) is 19.3 Å². The molecule has 8 rings (SSSR count). The first kappa shape index (κ1) is 74.4. The fourth-order valence-corrected chi connectivity index (χ4v) is 8.12. The van der Waals surface area contributed by atoms with E-state index in [0.29, 0.717) is 11.2 Å². The molecule has 0 atom stereocenters. The first-order valence-corrected chi connectivity index (χ1v) is 26.6. The molecule has 0 aliphatic heterocycles. The van der Waals surface area contributed by atoms with Crippen molar-refractivity contribution < 1.29 is 43.9 Å². The van der Waals surface area contributed by atoms with Crippen LogP contribution in [0.4, 0.5) is 0 Å². The van der Waals surface area contributed by atoms with Gasteiger partial charge in [-0.15, -0.1) is 0 Å². The smallest absolute Gasteiger partial charge is 1.00 e. The van der Waals surface area contributed by atoms with E-state index in [9.17, 15) is 9.90 Å². The summed E-state index contributed by atoms with van der Waals surface area (Å²) in [5, 5.41) is 9.97. The summed E-state index contributed by atoms with van der Waals surface area (Å²) in [5.74, 6) is 0. The van der Waals surface area contributed by atoms with Gasteiger partial charge >= 0.3 is 46.1 Å². The summed E-state index contributed by atoms with van der Waals surface area (Å²) in [6, 6.07) is 83.7. The standard InChI is InChI=1S/C17H19Br.C17H20O.C17H19.C9H10O.C8H9.CH4.2BrH.2Mg/c2*18-17(13-11-15-7-3-1-4-8-15)14-12-16-9-5-2-6-10-16;1-4-10-16(11-5-1)14-8-3-9-15-17-12-6-2-7-13-17;10-8-4-7-9-5-2-1-3-6-9;1-2-8-6-4-3-5-7-8;;;;;/h1-10,17H,11-14H2;1-10,17-18H,11-14H2;1-7,10-13H,8-9,14-15H2;1-3,5-6,8H,4,7H2;3-7H,1-2H2;1H4;2*1H;;/q;;-1;;-1;;;;2*+2/p-2. The molecule has 7 heteroatoms. The minimum atomic E-state index is -0.203. The Morgan fingerprint density at radius 3 is 0.842 bits per heavy atom. The first-order valence-electron chi connectivity index (χ1n) is 25.7. The normalized spacial score (nSPS) is 9.59. The van der Waals surface area contributed by atoms with Crippen molar-refractivity contribution in [3.63, 3.8) is 0 Å².